The Morgan fingerprint density at radius 2 is 1.94 bits per heavy atom. The summed E-state index contributed by atoms with van der Waals surface area (Å²) in [7, 11) is 4.23. The molecule has 0 aromatic carbocycles. The maximum Gasteiger partial charge on any atom is 0.224 e. The van der Waals surface area contributed by atoms with Gasteiger partial charge in [-0.15, -0.1) is 0 Å². The number of nitrogens with zero attached hydrogens (tertiary/aromatic N) is 2. The van der Waals surface area contributed by atoms with Gasteiger partial charge in [0.15, 0.2) is 0 Å². The summed E-state index contributed by atoms with van der Waals surface area (Å²) in [5.74, 6) is 1.03. The third-order valence-corrected chi connectivity index (χ3v) is 4.44. The molecule has 1 heterocycles. The monoisotopic (exact) mass is 253 g/mol. The molecule has 0 aromatic heterocycles. The molecule has 0 radical (unpaired) electrons. The van der Waals surface area contributed by atoms with Crippen LogP contribution in [0.25, 0.3) is 0 Å². The van der Waals surface area contributed by atoms with Gasteiger partial charge in [-0.1, -0.05) is 0 Å². The van der Waals surface area contributed by atoms with E-state index < -0.39 is 0 Å². The van der Waals surface area contributed by atoms with Crippen molar-refractivity contribution < 1.29 is 4.79 Å². The van der Waals surface area contributed by atoms with Crippen molar-refractivity contribution in [2.75, 3.05) is 33.7 Å². The molecule has 0 spiro atoms. The average Bonchev–Trinajstić information content (AvgIpc) is 2.27. The molecule has 0 aromatic rings. The van der Waals surface area contributed by atoms with E-state index in [1.807, 2.05) is 4.90 Å². The summed E-state index contributed by atoms with van der Waals surface area (Å²) in [6.07, 6.45) is 6.08. The molecule has 1 aliphatic heterocycles. The predicted molar refractivity (Wildman–Crippen MR) is 73.2 cm³/mol. The molecule has 104 valence electrons. The Kier molecular flexibility index (Phi) is 4.28. The van der Waals surface area contributed by atoms with E-state index in [1.54, 1.807) is 0 Å². The minimum absolute atomic E-state index is 0.169. The molecule has 2 N–H and O–H groups in total. The topological polar surface area (TPSA) is 49.6 Å². The number of likely N-dealkylation sites (tertiary alicyclic amines) is 1. The van der Waals surface area contributed by atoms with Gasteiger partial charge >= 0.3 is 0 Å². The van der Waals surface area contributed by atoms with E-state index in [-0.39, 0.29) is 11.4 Å². The summed E-state index contributed by atoms with van der Waals surface area (Å²) in [6, 6.07) is 0. The number of piperidine rings is 1. The first-order valence-electron chi connectivity index (χ1n) is 7.20. The van der Waals surface area contributed by atoms with Crippen LogP contribution in [0.2, 0.25) is 0 Å². The number of carbonyl (C=O) groups excluding carboxylic acids is 1. The van der Waals surface area contributed by atoms with Gasteiger partial charge in [-0.2, -0.15) is 0 Å². The van der Waals surface area contributed by atoms with Crippen molar-refractivity contribution in [3.8, 4) is 0 Å². The van der Waals surface area contributed by atoms with E-state index in [9.17, 15) is 4.79 Å². The van der Waals surface area contributed by atoms with E-state index in [0.717, 1.165) is 51.2 Å². The van der Waals surface area contributed by atoms with Crippen molar-refractivity contribution in [1.29, 1.82) is 0 Å². The average molecular weight is 253 g/mol. The van der Waals surface area contributed by atoms with Gasteiger partial charge in [0.05, 0.1) is 0 Å². The molecule has 1 amide bonds. The van der Waals surface area contributed by atoms with Gasteiger partial charge in [0, 0.05) is 31.6 Å². The first-order valence-corrected chi connectivity index (χ1v) is 7.20. The third kappa shape index (κ3) is 3.45. The predicted octanol–water partition coefficient (Wildman–Crippen LogP) is 1.06. The number of nitrogens with two attached hydrogens (primary N) is 1. The molecule has 0 bridgehead atoms. The van der Waals surface area contributed by atoms with Crippen LogP contribution in [0.3, 0.4) is 0 Å². The number of hydrogen-bond acceptors (Lipinski definition) is 3. The number of amides is 1. The number of rotatable bonds is 4. The second-order valence-electron chi connectivity index (χ2n) is 6.48. The van der Waals surface area contributed by atoms with Crippen LogP contribution in [0.15, 0.2) is 0 Å². The summed E-state index contributed by atoms with van der Waals surface area (Å²) in [6.45, 7) is 2.99. The fourth-order valence-corrected chi connectivity index (χ4v) is 3.10. The van der Waals surface area contributed by atoms with Gasteiger partial charge < -0.3 is 15.5 Å². The van der Waals surface area contributed by atoms with Gasteiger partial charge in [-0.25, -0.2) is 0 Å². The van der Waals surface area contributed by atoms with Crippen LogP contribution in [0.1, 0.15) is 38.5 Å². The molecule has 0 atom stereocenters. The molecule has 1 aliphatic carbocycles. The van der Waals surface area contributed by atoms with Gasteiger partial charge in [0.25, 0.3) is 0 Å². The molecule has 2 aliphatic rings. The summed E-state index contributed by atoms with van der Waals surface area (Å²) < 4.78 is 0. The maximum atomic E-state index is 12.2. The van der Waals surface area contributed by atoms with Crippen molar-refractivity contribution in [2.24, 2.45) is 11.7 Å². The van der Waals surface area contributed by atoms with Crippen LogP contribution in [0.5, 0.6) is 0 Å². The summed E-state index contributed by atoms with van der Waals surface area (Å²) >= 11 is 0. The lowest BCUT2D eigenvalue weighted by molar-refractivity contribution is -0.134. The highest BCUT2D eigenvalue weighted by Crippen LogP contribution is 2.33. The van der Waals surface area contributed by atoms with Crippen molar-refractivity contribution in [3.05, 3.63) is 0 Å². The van der Waals surface area contributed by atoms with E-state index >= 15 is 0 Å². The number of carbonyl (C=O) groups is 1. The molecular weight excluding hydrogens is 226 g/mol. The van der Waals surface area contributed by atoms with Gasteiger partial charge in [0.1, 0.15) is 0 Å². The first-order chi connectivity index (χ1) is 8.48. The van der Waals surface area contributed by atoms with Crippen LogP contribution in [-0.2, 0) is 4.79 Å². The highest BCUT2D eigenvalue weighted by atomic mass is 16.2. The summed E-state index contributed by atoms with van der Waals surface area (Å²) in [5.41, 5.74) is 5.98. The molecule has 1 saturated heterocycles. The SMILES string of the molecule is CN(C)CC1CCN(C(=O)CC2(N)CCC2)CC1. The Labute approximate surface area is 110 Å². The zero-order chi connectivity index (χ0) is 13.2. The Hall–Kier alpha value is -0.610. The van der Waals surface area contributed by atoms with Crippen molar-refractivity contribution in [3.63, 3.8) is 0 Å². The lowest BCUT2D eigenvalue weighted by Gasteiger charge is -2.40. The van der Waals surface area contributed by atoms with E-state index in [2.05, 4.69) is 19.0 Å². The van der Waals surface area contributed by atoms with Crippen LogP contribution < -0.4 is 5.73 Å². The zero-order valence-corrected chi connectivity index (χ0v) is 11.8. The fourth-order valence-electron chi connectivity index (χ4n) is 3.10. The normalized spacial score (nSPS) is 24.1. The van der Waals surface area contributed by atoms with Crippen molar-refractivity contribution >= 4 is 5.91 Å². The second-order valence-corrected chi connectivity index (χ2v) is 6.48. The molecule has 4 heteroatoms. The van der Waals surface area contributed by atoms with Gasteiger partial charge in [-0.3, -0.25) is 4.79 Å². The van der Waals surface area contributed by atoms with E-state index in [4.69, 9.17) is 5.73 Å². The second kappa shape index (κ2) is 5.57. The Morgan fingerprint density at radius 3 is 2.39 bits per heavy atom. The zero-order valence-electron chi connectivity index (χ0n) is 11.8. The lowest BCUT2D eigenvalue weighted by atomic mass is 9.75. The highest BCUT2D eigenvalue weighted by Gasteiger charge is 2.36. The van der Waals surface area contributed by atoms with Crippen LogP contribution >= 0.6 is 0 Å². The molecule has 0 unspecified atom stereocenters. The van der Waals surface area contributed by atoms with Gasteiger partial charge in [0.2, 0.25) is 5.91 Å². The Bertz CT molecular complexity index is 291. The Morgan fingerprint density at radius 1 is 1.33 bits per heavy atom. The maximum absolute atomic E-state index is 12.2. The quantitative estimate of drug-likeness (QED) is 0.815. The van der Waals surface area contributed by atoms with E-state index in [1.165, 1.54) is 6.42 Å². The smallest absolute Gasteiger partial charge is 0.224 e. The van der Waals surface area contributed by atoms with Crippen LogP contribution in [0.4, 0.5) is 0 Å². The minimum atomic E-state index is -0.169. The van der Waals surface area contributed by atoms with Crippen molar-refractivity contribution in [1.82, 2.24) is 9.80 Å². The van der Waals surface area contributed by atoms with Crippen LogP contribution in [-0.4, -0.2) is 55.0 Å². The minimum Gasteiger partial charge on any atom is -0.343 e. The molecular formula is C14H27N3O. The third-order valence-electron chi connectivity index (χ3n) is 4.44. The summed E-state index contributed by atoms with van der Waals surface area (Å²) in [5, 5.41) is 0. The molecule has 18 heavy (non-hydrogen) atoms. The molecule has 2 fully saturated rings. The van der Waals surface area contributed by atoms with Crippen LogP contribution in [0, 0.1) is 5.92 Å². The highest BCUT2D eigenvalue weighted by molar-refractivity contribution is 5.77. The van der Waals surface area contributed by atoms with Crippen molar-refractivity contribution in [2.45, 2.75) is 44.1 Å². The lowest BCUT2D eigenvalue weighted by Crippen LogP contribution is -2.51. The first kappa shape index (κ1) is 13.8. The molecule has 2 rings (SSSR count). The largest absolute Gasteiger partial charge is 0.343 e. The summed E-state index contributed by atoms with van der Waals surface area (Å²) in [4.78, 5) is 16.4. The van der Waals surface area contributed by atoms with E-state index in [0.29, 0.717) is 6.42 Å². The number of hydrogen-bond donors (Lipinski definition) is 1. The fraction of sp³-hybridized carbons (Fsp3) is 0.929. The standard InChI is InChI=1S/C14H27N3O/c1-16(2)11-12-4-8-17(9-5-12)13(18)10-14(15)6-3-7-14/h12H,3-11,15H2,1-2H3. The molecule has 4 nitrogen and oxygen atoms in total. The van der Waals surface area contributed by atoms with Gasteiger partial charge in [-0.05, 0) is 52.1 Å². The Balaban J connectivity index is 1.73. The molecule has 1 saturated carbocycles.